The maximum Gasteiger partial charge on any atom is 0.261 e. The number of nitrogens with zero attached hydrogens (tertiary/aromatic N) is 1. The van der Waals surface area contributed by atoms with E-state index in [1.807, 2.05) is 78.9 Å². The zero-order valence-corrected chi connectivity index (χ0v) is 22.1. The average Bonchev–Trinajstić information content (AvgIpc) is 2.90. The molecule has 0 saturated heterocycles. The van der Waals surface area contributed by atoms with Crippen molar-refractivity contribution >= 4 is 50.1 Å². The van der Waals surface area contributed by atoms with Gasteiger partial charge in [0.1, 0.15) is 11.8 Å². The Morgan fingerprint density at radius 3 is 2.42 bits per heavy atom. The van der Waals surface area contributed by atoms with Gasteiger partial charge < -0.3 is 15.0 Å². The molecular formula is C29H26BrClN2O3. The zero-order valence-electron chi connectivity index (χ0n) is 19.8. The summed E-state index contributed by atoms with van der Waals surface area (Å²) in [7, 11) is 1.57. The minimum absolute atomic E-state index is 0.215. The van der Waals surface area contributed by atoms with E-state index in [9.17, 15) is 9.59 Å². The van der Waals surface area contributed by atoms with E-state index in [4.69, 9.17) is 16.3 Å². The third-order valence-electron chi connectivity index (χ3n) is 5.94. The van der Waals surface area contributed by atoms with Gasteiger partial charge in [0.25, 0.3) is 5.91 Å². The molecule has 0 saturated carbocycles. The lowest BCUT2D eigenvalue weighted by atomic mass is 10.0. The Morgan fingerprint density at radius 1 is 0.944 bits per heavy atom. The smallest absolute Gasteiger partial charge is 0.261 e. The van der Waals surface area contributed by atoms with Gasteiger partial charge in [0.05, 0.1) is 4.47 Å². The SMILES string of the molecule is CNC(=O)[C@@H](Cc1ccccc1)N(Cc1cccc(Cl)c1)C(=O)COc1ccc2ccccc2c1Br. The molecule has 0 aromatic heterocycles. The van der Waals surface area contributed by atoms with E-state index in [1.165, 1.54) is 0 Å². The summed E-state index contributed by atoms with van der Waals surface area (Å²) in [5, 5.41) is 5.33. The quantitative estimate of drug-likeness (QED) is 0.270. The molecule has 0 aliphatic heterocycles. The Kier molecular flexibility index (Phi) is 8.62. The molecule has 0 radical (unpaired) electrons. The van der Waals surface area contributed by atoms with Crippen LogP contribution in [0.4, 0.5) is 0 Å². The lowest BCUT2D eigenvalue weighted by Crippen LogP contribution is -2.51. The van der Waals surface area contributed by atoms with Crippen molar-refractivity contribution in [2.24, 2.45) is 0 Å². The number of nitrogens with one attached hydrogen (secondary N) is 1. The summed E-state index contributed by atoms with van der Waals surface area (Å²) in [5.41, 5.74) is 1.78. The van der Waals surface area contributed by atoms with Gasteiger partial charge in [-0.2, -0.15) is 0 Å². The van der Waals surface area contributed by atoms with E-state index in [2.05, 4.69) is 21.2 Å². The number of hydrogen-bond donors (Lipinski definition) is 1. The minimum Gasteiger partial charge on any atom is -0.483 e. The molecule has 7 heteroatoms. The molecule has 4 aromatic rings. The van der Waals surface area contributed by atoms with E-state index in [0.717, 1.165) is 26.4 Å². The van der Waals surface area contributed by atoms with Gasteiger partial charge in [-0.1, -0.05) is 84.4 Å². The maximum absolute atomic E-state index is 13.6. The number of benzene rings is 4. The molecule has 36 heavy (non-hydrogen) atoms. The molecule has 2 amide bonds. The number of rotatable bonds is 9. The molecule has 1 atom stereocenters. The molecule has 184 valence electrons. The molecule has 1 N–H and O–H groups in total. The first kappa shape index (κ1) is 25.7. The normalized spacial score (nSPS) is 11.6. The van der Waals surface area contributed by atoms with Crippen molar-refractivity contribution in [2.45, 2.75) is 19.0 Å². The molecule has 4 rings (SSSR count). The van der Waals surface area contributed by atoms with Crippen LogP contribution in [-0.2, 0) is 22.6 Å². The number of hydrogen-bond acceptors (Lipinski definition) is 3. The van der Waals surface area contributed by atoms with Gasteiger partial charge in [0.15, 0.2) is 6.61 Å². The first-order chi connectivity index (χ1) is 17.5. The lowest BCUT2D eigenvalue weighted by Gasteiger charge is -2.31. The third kappa shape index (κ3) is 6.25. The molecule has 0 unspecified atom stereocenters. The first-order valence-corrected chi connectivity index (χ1v) is 12.7. The van der Waals surface area contributed by atoms with Crippen LogP contribution >= 0.6 is 27.5 Å². The van der Waals surface area contributed by atoms with Crippen LogP contribution in [0.25, 0.3) is 10.8 Å². The summed E-state index contributed by atoms with van der Waals surface area (Å²) < 4.78 is 6.75. The monoisotopic (exact) mass is 564 g/mol. The summed E-state index contributed by atoms with van der Waals surface area (Å²) in [6, 6.07) is 27.9. The van der Waals surface area contributed by atoms with Crippen molar-refractivity contribution < 1.29 is 14.3 Å². The number of carbonyl (C=O) groups excluding carboxylic acids is 2. The topological polar surface area (TPSA) is 58.6 Å². The van der Waals surface area contributed by atoms with Crippen LogP contribution in [0, 0.1) is 0 Å². The fourth-order valence-corrected chi connectivity index (χ4v) is 4.92. The van der Waals surface area contributed by atoms with E-state index >= 15 is 0 Å². The Bertz CT molecular complexity index is 1360. The maximum atomic E-state index is 13.6. The van der Waals surface area contributed by atoms with Crippen LogP contribution in [0.5, 0.6) is 5.75 Å². The summed E-state index contributed by atoms with van der Waals surface area (Å²) in [4.78, 5) is 28.2. The largest absolute Gasteiger partial charge is 0.483 e. The van der Waals surface area contributed by atoms with Gasteiger partial charge in [-0.25, -0.2) is 0 Å². The molecule has 0 aliphatic rings. The fourth-order valence-electron chi connectivity index (χ4n) is 4.10. The van der Waals surface area contributed by atoms with Crippen LogP contribution in [0.1, 0.15) is 11.1 Å². The van der Waals surface area contributed by atoms with E-state index in [0.29, 0.717) is 17.2 Å². The van der Waals surface area contributed by atoms with Gasteiger partial charge in [-0.05, 0) is 56.0 Å². The Labute approximate surface area is 224 Å². The lowest BCUT2D eigenvalue weighted by molar-refractivity contribution is -0.142. The number of likely N-dealkylation sites (N-methyl/N-ethyl adjacent to an activating group) is 1. The summed E-state index contributed by atoms with van der Waals surface area (Å²) in [6.45, 7) is -0.00759. The Balaban J connectivity index is 1.62. The van der Waals surface area contributed by atoms with Gasteiger partial charge in [0.2, 0.25) is 5.91 Å². The van der Waals surface area contributed by atoms with E-state index < -0.39 is 6.04 Å². The van der Waals surface area contributed by atoms with Crippen molar-refractivity contribution in [3.05, 3.63) is 112 Å². The van der Waals surface area contributed by atoms with Crippen molar-refractivity contribution in [1.29, 1.82) is 0 Å². The van der Waals surface area contributed by atoms with Gasteiger partial charge in [0, 0.05) is 25.0 Å². The predicted molar refractivity (Wildman–Crippen MR) is 147 cm³/mol. The van der Waals surface area contributed by atoms with Crippen LogP contribution in [-0.4, -0.2) is 36.4 Å². The van der Waals surface area contributed by atoms with Crippen LogP contribution in [0.15, 0.2) is 95.5 Å². The van der Waals surface area contributed by atoms with E-state index in [1.54, 1.807) is 24.1 Å². The van der Waals surface area contributed by atoms with Gasteiger partial charge in [-0.3, -0.25) is 9.59 Å². The molecule has 0 heterocycles. The second kappa shape index (κ2) is 12.1. The molecule has 5 nitrogen and oxygen atoms in total. The summed E-state index contributed by atoms with van der Waals surface area (Å²) >= 11 is 9.81. The number of amides is 2. The van der Waals surface area contributed by atoms with Crippen molar-refractivity contribution in [1.82, 2.24) is 10.2 Å². The predicted octanol–water partition coefficient (Wildman–Crippen LogP) is 6.02. The third-order valence-corrected chi connectivity index (χ3v) is 6.99. The van der Waals surface area contributed by atoms with Crippen LogP contribution in [0.2, 0.25) is 5.02 Å². The van der Waals surface area contributed by atoms with Crippen LogP contribution in [0.3, 0.4) is 0 Å². The molecule has 0 fully saturated rings. The standard InChI is InChI=1S/C29H26BrClN2O3/c1-32-29(35)25(17-20-8-3-2-4-9-20)33(18-21-10-7-12-23(31)16-21)27(34)19-36-26-15-14-22-11-5-6-13-24(22)28(26)30/h2-16,25H,17-19H2,1H3,(H,32,35)/t25-/m1/s1. The number of halogens is 2. The second-order valence-electron chi connectivity index (χ2n) is 8.36. The average molecular weight is 566 g/mol. The van der Waals surface area contributed by atoms with E-state index in [-0.39, 0.29) is 25.0 Å². The highest BCUT2D eigenvalue weighted by Crippen LogP contribution is 2.33. The highest BCUT2D eigenvalue weighted by molar-refractivity contribution is 9.10. The molecular weight excluding hydrogens is 540 g/mol. The highest BCUT2D eigenvalue weighted by Gasteiger charge is 2.30. The molecule has 0 bridgehead atoms. The minimum atomic E-state index is -0.729. The van der Waals surface area contributed by atoms with Crippen molar-refractivity contribution in [3.63, 3.8) is 0 Å². The number of carbonyl (C=O) groups is 2. The summed E-state index contributed by atoms with van der Waals surface area (Å²) in [5.74, 6) is 0.00462. The van der Waals surface area contributed by atoms with Gasteiger partial charge >= 0.3 is 0 Å². The number of fused-ring (bicyclic) bond motifs is 1. The van der Waals surface area contributed by atoms with Crippen LogP contribution < -0.4 is 10.1 Å². The fraction of sp³-hybridized carbons (Fsp3) is 0.172. The second-order valence-corrected chi connectivity index (χ2v) is 9.59. The van der Waals surface area contributed by atoms with Gasteiger partial charge in [-0.15, -0.1) is 0 Å². The Hall–Kier alpha value is -3.35. The van der Waals surface area contributed by atoms with Crippen molar-refractivity contribution in [2.75, 3.05) is 13.7 Å². The summed E-state index contributed by atoms with van der Waals surface area (Å²) in [6.07, 6.45) is 0.368. The Morgan fingerprint density at radius 2 is 1.67 bits per heavy atom. The van der Waals surface area contributed by atoms with Crippen molar-refractivity contribution in [3.8, 4) is 5.75 Å². The molecule has 0 spiro atoms. The number of ether oxygens (including phenoxy) is 1. The first-order valence-electron chi connectivity index (χ1n) is 11.6. The highest BCUT2D eigenvalue weighted by atomic mass is 79.9. The zero-order chi connectivity index (χ0) is 25.5. The molecule has 4 aromatic carbocycles. The molecule has 0 aliphatic carbocycles.